The number of hydrogen-bond donors (Lipinski definition) is 2. The number of nitrogens with zero attached hydrogens (tertiary/aromatic N) is 1. The van der Waals surface area contributed by atoms with Gasteiger partial charge in [0, 0.05) is 24.3 Å². The monoisotopic (exact) mass is 351 g/mol. The van der Waals surface area contributed by atoms with E-state index in [1.165, 1.54) is 0 Å². The SMILES string of the molecule is C=CCN(CC=C)C(=O)c1ccc(NC(=O)C(N)CCC)cc1.Cl. The van der Waals surface area contributed by atoms with E-state index >= 15 is 0 Å². The van der Waals surface area contributed by atoms with Gasteiger partial charge < -0.3 is 16.0 Å². The van der Waals surface area contributed by atoms with Crippen molar-refractivity contribution in [2.45, 2.75) is 25.8 Å². The molecule has 1 atom stereocenters. The molecule has 0 bridgehead atoms. The van der Waals surface area contributed by atoms with E-state index in [2.05, 4.69) is 18.5 Å². The zero-order chi connectivity index (χ0) is 17.2. The van der Waals surface area contributed by atoms with Crippen molar-refractivity contribution < 1.29 is 9.59 Å². The van der Waals surface area contributed by atoms with Crippen molar-refractivity contribution in [3.63, 3.8) is 0 Å². The first kappa shape index (κ1) is 21.9. The highest BCUT2D eigenvalue weighted by atomic mass is 35.5. The van der Waals surface area contributed by atoms with Crippen LogP contribution in [0.1, 0.15) is 30.1 Å². The highest BCUT2D eigenvalue weighted by molar-refractivity contribution is 5.97. The zero-order valence-corrected chi connectivity index (χ0v) is 14.8. The van der Waals surface area contributed by atoms with E-state index in [1.807, 2.05) is 6.92 Å². The molecule has 2 amide bonds. The third-order valence-electron chi connectivity index (χ3n) is 3.32. The first-order valence-electron chi connectivity index (χ1n) is 7.71. The van der Waals surface area contributed by atoms with E-state index in [9.17, 15) is 9.59 Å². The number of nitrogens with one attached hydrogen (secondary N) is 1. The van der Waals surface area contributed by atoms with Gasteiger partial charge in [-0.1, -0.05) is 25.5 Å². The Morgan fingerprint density at radius 1 is 1.21 bits per heavy atom. The van der Waals surface area contributed by atoms with E-state index in [0.29, 0.717) is 30.8 Å². The van der Waals surface area contributed by atoms with E-state index in [-0.39, 0.29) is 24.2 Å². The molecule has 1 rings (SSSR count). The summed E-state index contributed by atoms with van der Waals surface area (Å²) in [6.07, 6.45) is 4.83. The summed E-state index contributed by atoms with van der Waals surface area (Å²) in [4.78, 5) is 25.9. The molecule has 0 fully saturated rings. The highest BCUT2D eigenvalue weighted by Crippen LogP contribution is 2.12. The van der Waals surface area contributed by atoms with Crippen molar-refractivity contribution in [2.24, 2.45) is 5.73 Å². The second-order valence-electron chi connectivity index (χ2n) is 5.25. The minimum Gasteiger partial charge on any atom is -0.331 e. The normalized spacial score (nSPS) is 10.9. The summed E-state index contributed by atoms with van der Waals surface area (Å²) >= 11 is 0. The van der Waals surface area contributed by atoms with Crippen LogP contribution in [0.2, 0.25) is 0 Å². The van der Waals surface area contributed by atoms with Gasteiger partial charge in [-0.2, -0.15) is 0 Å². The first-order chi connectivity index (χ1) is 11.0. The summed E-state index contributed by atoms with van der Waals surface area (Å²) in [5.41, 5.74) is 6.94. The molecule has 6 heteroatoms. The molecule has 0 aliphatic heterocycles. The van der Waals surface area contributed by atoms with Gasteiger partial charge in [-0.05, 0) is 30.7 Å². The molecule has 1 unspecified atom stereocenters. The van der Waals surface area contributed by atoms with Crippen molar-refractivity contribution in [1.29, 1.82) is 0 Å². The van der Waals surface area contributed by atoms with Gasteiger partial charge in [0.25, 0.3) is 5.91 Å². The number of rotatable bonds is 9. The number of hydrogen-bond acceptors (Lipinski definition) is 3. The molecule has 0 saturated carbocycles. The van der Waals surface area contributed by atoms with Crippen LogP contribution in [0.25, 0.3) is 0 Å². The van der Waals surface area contributed by atoms with Gasteiger partial charge in [0.1, 0.15) is 0 Å². The van der Waals surface area contributed by atoms with E-state index < -0.39 is 6.04 Å². The lowest BCUT2D eigenvalue weighted by molar-refractivity contribution is -0.117. The molecule has 0 aliphatic rings. The molecule has 1 aromatic carbocycles. The van der Waals surface area contributed by atoms with Crippen molar-refractivity contribution in [3.8, 4) is 0 Å². The van der Waals surface area contributed by atoms with Gasteiger partial charge in [-0.15, -0.1) is 25.6 Å². The Morgan fingerprint density at radius 2 is 1.75 bits per heavy atom. The molecular formula is C18H26ClN3O2. The number of halogens is 1. The van der Waals surface area contributed by atoms with Crippen LogP contribution in [0.4, 0.5) is 5.69 Å². The minimum atomic E-state index is -0.517. The maximum atomic E-state index is 12.4. The molecule has 24 heavy (non-hydrogen) atoms. The molecule has 0 heterocycles. The van der Waals surface area contributed by atoms with E-state index in [4.69, 9.17) is 5.73 Å². The Labute approximate surface area is 150 Å². The summed E-state index contributed by atoms with van der Waals surface area (Å²) in [5.74, 6) is -0.323. The molecule has 1 aromatic rings. The van der Waals surface area contributed by atoms with Crippen LogP contribution in [0, 0.1) is 0 Å². The minimum absolute atomic E-state index is 0. The summed E-state index contributed by atoms with van der Waals surface area (Å²) in [6.45, 7) is 10.2. The second kappa shape index (κ2) is 11.4. The van der Waals surface area contributed by atoms with Gasteiger partial charge in [-0.3, -0.25) is 9.59 Å². The number of nitrogens with two attached hydrogens (primary N) is 1. The molecule has 0 aromatic heterocycles. The predicted octanol–water partition coefficient (Wildman–Crippen LogP) is 2.99. The van der Waals surface area contributed by atoms with Crippen molar-refractivity contribution >= 4 is 29.9 Å². The smallest absolute Gasteiger partial charge is 0.254 e. The van der Waals surface area contributed by atoms with Crippen molar-refractivity contribution in [1.82, 2.24) is 4.90 Å². The van der Waals surface area contributed by atoms with Crippen LogP contribution in [-0.2, 0) is 4.79 Å². The molecule has 3 N–H and O–H groups in total. The highest BCUT2D eigenvalue weighted by Gasteiger charge is 2.15. The van der Waals surface area contributed by atoms with Gasteiger partial charge in [-0.25, -0.2) is 0 Å². The topological polar surface area (TPSA) is 75.4 Å². The van der Waals surface area contributed by atoms with Gasteiger partial charge in [0.05, 0.1) is 6.04 Å². The predicted molar refractivity (Wildman–Crippen MR) is 102 cm³/mol. The first-order valence-corrected chi connectivity index (χ1v) is 7.71. The standard InChI is InChI=1S/C18H25N3O2.ClH/c1-4-7-16(19)17(22)20-15-10-8-14(9-11-15)18(23)21(12-5-2)13-6-3;/h5-6,8-11,16H,2-4,7,12-13,19H2,1H3,(H,20,22);1H. The zero-order valence-electron chi connectivity index (χ0n) is 14.0. The lowest BCUT2D eigenvalue weighted by Gasteiger charge is -2.19. The fraction of sp³-hybridized carbons (Fsp3) is 0.333. The molecule has 0 aliphatic carbocycles. The van der Waals surface area contributed by atoms with Crippen molar-refractivity contribution in [2.75, 3.05) is 18.4 Å². The molecule has 0 radical (unpaired) electrons. The Kier molecular flexibility index (Phi) is 10.4. The second-order valence-corrected chi connectivity index (χ2v) is 5.25. The lowest BCUT2D eigenvalue weighted by Crippen LogP contribution is -2.35. The Hall–Kier alpha value is -2.11. The fourth-order valence-corrected chi connectivity index (χ4v) is 2.11. The van der Waals surface area contributed by atoms with Gasteiger partial charge >= 0.3 is 0 Å². The van der Waals surface area contributed by atoms with Gasteiger partial charge in [0.2, 0.25) is 5.91 Å². The maximum absolute atomic E-state index is 12.4. The Bertz CT molecular complexity index is 548. The van der Waals surface area contributed by atoms with Crippen molar-refractivity contribution in [3.05, 3.63) is 55.1 Å². The Balaban J connectivity index is 0.00000529. The molecule has 0 spiro atoms. The van der Waals surface area contributed by atoms with Crippen LogP contribution in [0.5, 0.6) is 0 Å². The van der Waals surface area contributed by atoms with Gasteiger partial charge in [0.15, 0.2) is 0 Å². The number of anilines is 1. The molecule has 0 saturated heterocycles. The quantitative estimate of drug-likeness (QED) is 0.671. The number of carbonyl (C=O) groups excluding carboxylic acids is 2. The fourth-order valence-electron chi connectivity index (χ4n) is 2.11. The third-order valence-corrected chi connectivity index (χ3v) is 3.32. The molecule has 5 nitrogen and oxygen atoms in total. The summed E-state index contributed by atoms with van der Waals surface area (Å²) < 4.78 is 0. The van der Waals surface area contributed by atoms with Crippen LogP contribution < -0.4 is 11.1 Å². The summed E-state index contributed by atoms with van der Waals surface area (Å²) in [5, 5.41) is 2.75. The molecule has 132 valence electrons. The number of benzene rings is 1. The number of amides is 2. The maximum Gasteiger partial charge on any atom is 0.254 e. The largest absolute Gasteiger partial charge is 0.331 e. The third kappa shape index (κ3) is 6.56. The van der Waals surface area contributed by atoms with Crippen LogP contribution in [0.15, 0.2) is 49.6 Å². The summed E-state index contributed by atoms with van der Waals surface area (Å²) in [7, 11) is 0. The summed E-state index contributed by atoms with van der Waals surface area (Å²) in [6, 6.07) is 6.25. The van der Waals surface area contributed by atoms with E-state index in [0.717, 1.165) is 6.42 Å². The van der Waals surface area contributed by atoms with E-state index in [1.54, 1.807) is 41.3 Å². The average molecular weight is 352 g/mol. The van der Waals surface area contributed by atoms with Crippen LogP contribution >= 0.6 is 12.4 Å². The molecular weight excluding hydrogens is 326 g/mol. The van der Waals surface area contributed by atoms with Crippen LogP contribution in [-0.4, -0.2) is 35.8 Å². The Morgan fingerprint density at radius 3 is 2.21 bits per heavy atom. The lowest BCUT2D eigenvalue weighted by atomic mass is 10.1. The number of carbonyl (C=O) groups is 2. The van der Waals surface area contributed by atoms with Crippen LogP contribution in [0.3, 0.4) is 0 Å². The average Bonchev–Trinajstić information content (AvgIpc) is 2.55.